The molecule has 0 radical (unpaired) electrons. The number of hydrogen-bond acceptors (Lipinski definition) is 7. The third-order valence-corrected chi connectivity index (χ3v) is 5.40. The Morgan fingerprint density at radius 2 is 2.04 bits per heavy atom. The van der Waals surface area contributed by atoms with E-state index in [0.717, 1.165) is 25.9 Å². The van der Waals surface area contributed by atoms with E-state index in [0.29, 0.717) is 36.7 Å². The third kappa shape index (κ3) is 4.39. The van der Waals surface area contributed by atoms with E-state index in [1.165, 1.54) is 24.2 Å². The summed E-state index contributed by atoms with van der Waals surface area (Å²) in [5.74, 6) is 0. The SMILES string of the molecule is CCCCCCOc1nnc(N2C(=O)N(C)CC2N2CCOCC2)s1. The Balaban J connectivity index is 1.63. The van der Waals surface area contributed by atoms with Crippen LogP contribution in [0.1, 0.15) is 32.6 Å². The molecule has 1 aromatic rings. The van der Waals surface area contributed by atoms with Crippen LogP contribution in [-0.4, -0.2) is 78.7 Å². The van der Waals surface area contributed by atoms with Crippen LogP contribution < -0.4 is 9.64 Å². The van der Waals surface area contributed by atoms with Gasteiger partial charge in [0.2, 0.25) is 5.13 Å². The molecule has 0 aliphatic carbocycles. The van der Waals surface area contributed by atoms with Crippen LogP contribution in [0.4, 0.5) is 9.93 Å². The molecule has 1 unspecified atom stereocenters. The van der Waals surface area contributed by atoms with Gasteiger partial charge < -0.3 is 14.4 Å². The highest BCUT2D eigenvalue weighted by Gasteiger charge is 2.42. The Morgan fingerprint density at radius 1 is 1.24 bits per heavy atom. The lowest BCUT2D eigenvalue weighted by Crippen LogP contribution is -2.51. The molecular weight excluding hydrogens is 342 g/mol. The molecule has 25 heavy (non-hydrogen) atoms. The average molecular weight is 369 g/mol. The van der Waals surface area contributed by atoms with Gasteiger partial charge in [0.25, 0.3) is 5.19 Å². The van der Waals surface area contributed by atoms with Gasteiger partial charge in [-0.25, -0.2) is 9.69 Å². The number of urea groups is 1. The van der Waals surface area contributed by atoms with Crippen molar-refractivity contribution in [3.8, 4) is 5.19 Å². The van der Waals surface area contributed by atoms with Crippen LogP contribution in [0.25, 0.3) is 0 Å². The van der Waals surface area contributed by atoms with Gasteiger partial charge >= 0.3 is 6.03 Å². The Hall–Kier alpha value is -1.45. The van der Waals surface area contributed by atoms with Crippen molar-refractivity contribution in [2.24, 2.45) is 0 Å². The molecule has 2 aliphatic rings. The van der Waals surface area contributed by atoms with E-state index in [-0.39, 0.29) is 12.2 Å². The molecule has 2 saturated heterocycles. The molecular formula is C16H27N5O3S. The van der Waals surface area contributed by atoms with Crippen LogP contribution in [0.5, 0.6) is 5.19 Å². The number of morpholine rings is 1. The van der Waals surface area contributed by atoms with E-state index in [2.05, 4.69) is 22.0 Å². The van der Waals surface area contributed by atoms with Crippen molar-refractivity contribution in [1.29, 1.82) is 0 Å². The molecule has 9 heteroatoms. The van der Waals surface area contributed by atoms with Crippen molar-refractivity contribution in [2.45, 2.75) is 38.8 Å². The monoisotopic (exact) mass is 369 g/mol. The van der Waals surface area contributed by atoms with Crippen LogP contribution in [0.15, 0.2) is 0 Å². The van der Waals surface area contributed by atoms with Crippen molar-refractivity contribution in [1.82, 2.24) is 20.0 Å². The molecule has 2 fully saturated rings. The lowest BCUT2D eigenvalue weighted by atomic mass is 10.2. The molecule has 0 aromatic carbocycles. The zero-order chi connectivity index (χ0) is 17.6. The van der Waals surface area contributed by atoms with Crippen molar-refractivity contribution in [3.63, 3.8) is 0 Å². The first-order chi connectivity index (χ1) is 12.2. The number of carbonyl (C=O) groups is 1. The van der Waals surface area contributed by atoms with E-state index < -0.39 is 0 Å². The fourth-order valence-corrected chi connectivity index (χ4v) is 3.89. The summed E-state index contributed by atoms with van der Waals surface area (Å²) in [7, 11) is 1.82. The minimum atomic E-state index is -0.0397. The maximum atomic E-state index is 12.6. The summed E-state index contributed by atoms with van der Waals surface area (Å²) in [5.41, 5.74) is 0. The average Bonchev–Trinajstić information content (AvgIpc) is 3.20. The minimum absolute atomic E-state index is 0.0215. The summed E-state index contributed by atoms with van der Waals surface area (Å²) in [4.78, 5) is 18.3. The summed E-state index contributed by atoms with van der Waals surface area (Å²) < 4.78 is 11.1. The van der Waals surface area contributed by atoms with E-state index in [9.17, 15) is 4.79 Å². The zero-order valence-electron chi connectivity index (χ0n) is 15.0. The van der Waals surface area contributed by atoms with Gasteiger partial charge in [0.15, 0.2) is 0 Å². The van der Waals surface area contributed by atoms with E-state index >= 15 is 0 Å². The molecule has 0 saturated carbocycles. The smallest absolute Gasteiger partial charge is 0.327 e. The molecule has 3 rings (SSSR count). The highest BCUT2D eigenvalue weighted by molar-refractivity contribution is 7.17. The Bertz CT molecular complexity index is 564. The molecule has 2 amide bonds. The van der Waals surface area contributed by atoms with Crippen molar-refractivity contribution >= 4 is 22.5 Å². The summed E-state index contributed by atoms with van der Waals surface area (Å²) >= 11 is 1.34. The molecule has 3 heterocycles. The summed E-state index contributed by atoms with van der Waals surface area (Å²) in [6.45, 7) is 6.53. The second kappa shape index (κ2) is 8.77. The van der Waals surface area contributed by atoms with Gasteiger partial charge in [0.05, 0.1) is 26.4 Å². The summed E-state index contributed by atoms with van der Waals surface area (Å²) in [6, 6.07) is -0.0397. The second-order valence-corrected chi connectivity index (χ2v) is 7.34. The highest BCUT2D eigenvalue weighted by Crippen LogP contribution is 2.32. The molecule has 140 valence electrons. The third-order valence-electron chi connectivity index (χ3n) is 4.56. The van der Waals surface area contributed by atoms with Crippen LogP contribution in [0, 0.1) is 0 Å². The number of amides is 2. The summed E-state index contributed by atoms with van der Waals surface area (Å²) in [6.07, 6.45) is 4.59. The molecule has 8 nitrogen and oxygen atoms in total. The molecule has 2 aliphatic heterocycles. The number of anilines is 1. The predicted molar refractivity (Wildman–Crippen MR) is 96.2 cm³/mol. The molecule has 1 aromatic heterocycles. The van der Waals surface area contributed by atoms with Crippen LogP contribution in [-0.2, 0) is 4.74 Å². The maximum absolute atomic E-state index is 12.6. The van der Waals surface area contributed by atoms with Gasteiger partial charge in [0, 0.05) is 20.1 Å². The zero-order valence-corrected chi connectivity index (χ0v) is 15.8. The van der Waals surface area contributed by atoms with Crippen LogP contribution in [0.3, 0.4) is 0 Å². The highest BCUT2D eigenvalue weighted by atomic mass is 32.1. The van der Waals surface area contributed by atoms with Gasteiger partial charge in [0.1, 0.15) is 6.17 Å². The van der Waals surface area contributed by atoms with E-state index in [1.807, 2.05) is 7.05 Å². The number of ether oxygens (including phenoxy) is 2. The second-order valence-electron chi connectivity index (χ2n) is 6.42. The largest absolute Gasteiger partial charge is 0.469 e. The number of unbranched alkanes of at least 4 members (excludes halogenated alkanes) is 3. The number of aromatic nitrogens is 2. The fraction of sp³-hybridized carbons (Fsp3) is 0.812. The first-order valence-corrected chi connectivity index (χ1v) is 9.84. The van der Waals surface area contributed by atoms with E-state index in [4.69, 9.17) is 9.47 Å². The number of likely N-dealkylation sites (N-methyl/N-ethyl adjacent to an activating group) is 1. The Labute approximate surface area is 152 Å². The first kappa shape index (κ1) is 18.3. The van der Waals surface area contributed by atoms with Gasteiger partial charge in [-0.2, -0.15) is 0 Å². The number of carbonyl (C=O) groups excluding carboxylic acids is 1. The summed E-state index contributed by atoms with van der Waals surface area (Å²) in [5, 5.41) is 9.46. The van der Waals surface area contributed by atoms with Gasteiger partial charge in [-0.15, -0.1) is 5.10 Å². The standard InChI is InChI=1S/C16H27N5O3S/c1-3-4-5-6-9-24-15-18-17-14(25-15)21-13(12-19(2)16(21)22)20-7-10-23-11-8-20/h13H,3-12H2,1-2H3. The topological polar surface area (TPSA) is 71.0 Å². The normalized spacial score (nSPS) is 22.0. The Morgan fingerprint density at radius 3 is 2.80 bits per heavy atom. The van der Waals surface area contributed by atoms with Gasteiger partial charge in [-0.1, -0.05) is 31.3 Å². The molecule has 1 atom stereocenters. The van der Waals surface area contributed by atoms with Gasteiger partial charge in [-0.05, 0) is 17.8 Å². The molecule has 0 spiro atoms. The number of hydrogen-bond donors (Lipinski definition) is 0. The molecule has 0 N–H and O–H groups in total. The number of rotatable bonds is 8. The lowest BCUT2D eigenvalue weighted by Gasteiger charge is -2.34. The number of nitrogens with zero attached hydrogens (tertiary/aromatic N) is 5. The van der Waals surface area contributed by atoms with Crippen molar-refractivity contribution in [2.75, 3.05) is 51.4 Å². The van der Waals surface area contributed by atoms with Crippen LogP contribution in [0.2, 0.25) is 0 Å². The quantitative estimate of drug-likeness (QED) is 0.653. The van der Waals surface area contributed by atoms with Crippen LogP contribution >= 0.6 is 11.3 Å². The van der Waals surface area contributed by atoms with E-state index in [1.54, 1.807) is 9.80 Å². The predicted octanol–water partition coefficient (Wildman–Crippen LogP) is 2.03. The van der Waals surface area contributed by atoms with Crippen molar-refractivity contribution < 1.29 is 14.3 Å². The maximum Gasteiger partial charge on any atom is 0.327 e. The fourth-order valence-electron chi connectivity index (χ4n) is 3.13. The Kier molecular flexibility index (Phi) is 6.44. The first-order valence-electron chi connectivity index (χ1n) is 9.03. The van der Waals surface area contributed by atoms with Gasteiger partial charge in [-0.3, -0.25) is 4.90 Å². The van der Waals surface area contributed by atoms with Crippen molar-refractivity contribution in [3.05, 3.63) is 0 Å². The molecule has 0 bridgehead atoms. The lowest BCUT2D eigenvalue weighted by molar-refractivity contribution is 0.0194. The minimum Gasteiger partial charge on any atom is -0.469 e.